The van der Waals surface area contributed by atoms with Gasteiger partial charge in [-0.2, -0.15) is 0 Å². The zero-order valence-electron chi connectivity index (χ0n) is 18.7. The van der Waals surface area contributed by atoms with Crippen LogP contribution >= 0.6 is 11.3 Å². The molecule has 1 fully saturated rings. The molecule has 3 amide bonds. The van der Waals surface area contributed by atoms with E-state index in [1.54, 1.807) is 34.5 Å². The van der Waals surface area contributed by atoms with Crippen molar-refractivity contribution in [2.75, 3.05) is 35.3 Å². The number of nitrogens with one attached hydrogen (secondary N) is 2. The Kier molecular flexibility index (Phi) is 6.08. The van der Waals surface area contributed by atoms with Crippen LogP contribution in [-0.4, -0.2) is 42.5 Å². The van der Waals surface area contributed by atoms with Crippen molar-refractivity contribution in [1.29, 1.82) is 0 Å². The molecule has 3 aromatic rings. The molecular formula is C24H21FN4O5S. The summed E-state index contributed by atoms with van der Waals surface area (Å²) in [7, 11) is 0. The third-order valence-corrected chi connectivity index (χ3v) is 6.39. The fourth-order valence-electron chi connectivity index (χ4n) is 4.00. The van der Waals surface area contributed by atoms with Crippen LogP contribution in [0.4, 0.5) is 20.9 Å². The molecule has 1 aromatic heterocycles. The van der Waals surface area contributed by atoms with Gasteiger partial charge in [-0.3, -0.25) is 14.4 Å². The largest absolute Gasteiger partial charge is 0.486 e. The molecule has 5 rings (SSSR count). The second kappa shape index (κ2) is 9.34. The number of carbonyl (C=O) groups is 3. The molecule has 0 unspecified atom stereocenters. The normalized spacial score (nSPS) is 16.8. The SMILES string of the molecule is CC(=O)Nc1ccc(-c2csc(NC(=O)[C@H]3CC(=O)N(c4ccc5c(c4)OCCO5)C3)n2)c(F)c1. The molecule has 2 aliphatic rings. The molecular weight excluding hydrogens is 475 g/mol. The van der Waals surface area contributed by atoms with E-state index in [2.05, 4.69) is 15.6 Å². The quantitative estimate of drug-likeness (QED) is 0.558. The average Bonchev–Trinajstić information content (AvgIpc) is 3.45. The molecule has 11 heteroatoms. The zero-order valence-corrected chi connectivity index (χ0v) is 19.5. The van der Waals surface area contributed by atoms with Gasteiger partial charge in [0.2, 0.25) is 17.7 Å². The molecule has 2 aromatic carbocycles. The van der Waals surface area contributed by atoms with Gasteiger partial charge in [-0.05, 0) is 30.3 Å². The lowest BCUT2D eigenvalue weighted by atomic mass is 10.1. The smallest absolute Gasteiger partial charge is 0.231 e. The number of halogens is 1. The molecule has 1 atom stereocenters. The lowest BCUT2D eigenvalue weighted by molar-refractivity contribution is -0.122. The van der Waals surface area contributed by atoms with Crippen molar-refractivity contribution in [1.82, 2.24) is 4.98 Å². The van der Waals surface area contributed by atoms with Crippen molar-refractivity contribution in [2.45, 2.75) is 13.3 Å². The van der Waals surface area contributed by atoms with Gasteiger partial charge < -0.3 is 25.0 Å². The van der Waals surface area contributed by atoms with E-state index in [-0.39, 0.29) is 36.3 Å². The van der Waals surface area contributed by atoms with E-state index in [0.717, 1.165) is 11.3 Å². The first-order valence-corrected chi connectivity index (χ1v) is 11.8. The van der Waals surface area contributed by atoms with Crippen LogP contribution in [0.15, 0.2) is 41.8 Å². The molecule has 3 heterocycles. The van der Waals surface area contributed by atoms with E-state index in [1.807, 2.05) is 0 Å². The highest BCUT2D eigenvalue weighted by Gasteiger charge is 2.36. The maximum Gasteiger partial charge on any atom is 0.231 e. The van der Waals surface area contributed by atoms with Crippen LogP contribution in [-0.2, 0) is 14.4 Å². The van der Waals surface area contributed by atoms with E-state index in [0.29, 0.717) is 46.9 Å². The zero-order chi connectivity index (χ0) is 24.5. The van der Waals surface area contributed by atoms with Gasteiger partial charge in [-0.15, -0.1) is 11.3 Å². The van der Waals surface area contributed by atoms with Gasteiger partial charge in [0, 0.05) is 48.3 Å². The fourth-order valence-corrected chi connectivity index (χ4v) is 4.71. The fraction of sp³-hybridized carbons (Fsp3) is 0.250. The van der Waals surface area contributed by atoms with Gasteiger partial charge in [0.25, 0.3) is 0 Å². The summed E-state index contributed by atoms with van der Waals surface area (Å²) in [6, 6.07) is 9.57. The Labute approximate surface area is 203 Å². The summed E-state index contributed by atoms with van der Waals surface area (Å²) in [6.45, 7) is 2.48. The van der Waals surface area contributed by atoms with E-state index in [1.165, 1.54) is 19.1 Å². The number of rotatable bonds is 5. The maximum absolute atomic E-state index is 14.5. The van der Waals surface area contributed by atoms with Crippen LogP contribution in [0.3, 0.4) is 0 Å². The molecule has 0 radical (unpaired) electrons. The number of ether oxygens (including phenoxy) is 2. The highest BCUT2D eigenvalue weighted by molar-refractivity contribution is 7.14. The average molecular weight is 497 g/mol. The number of carbonyl (C=O) groups excluding carboxylic acids is 3. The first kappa shape index (κ1) is 22.8. The molecule has 0 aliphatic carbocycles. The first-order valence-electron chi connectivity index (χ1n) is 10.9. The Morgan fingerprint density at radius 1 is 1.11 bits per heavy atom. The van der Waals surface area contributed by atoms with E-state index >= 15 is 0 Å². The Bertz CT molecular complexity index is 1330. The Morgan fingerprint density at radius 3 is 2.69 bits per heavy atom. The summed E-state index contributed by atoms with van der Waals surface area (Å²) in [4.78, 5) is 42.5. The molecule has 1 saturated heterocycles. The summed E-state index contributed by atoms with van der Waals surface area (Å²) < 4.78 is 25.6. The van der Waals surface area contributed by atoms with Crippen LogP contribution < -0.4 is 25.0 Å². The number of aromatic nitrogens is 1. The molecule has 2 N–H and O–H groups in total. The number of thiazole rings is 1. The summed E-state index contributed by atoms with van der Waals surface area (Å²) >= 11 is 1.16. The highest BCUT2D eigenvalue weighted by atomic mass is 32.1. The van der Waals surface area contributed by atoms with Crippen LogP contribution in [0, 0.1) is 11.7 Å². The predicted molar refractivity (Wildman–Crippen MR) is 128 cm³/mol. The molecule has 0 bridgehead atoms. The van der Waals surface area contributed by atoms with Crippen molar-refractivity contribution in [2.24, 2.45) is 5.92 Å². The molecule has 0 spiro atoms. The van der Waals surface area contributed by atoms with E-state index < -0.39 is 11.7 Å². The highest BCUT2D eigenvalue weighted by Crippen LogP contribution is 2.36. The minimum atomic E-state index is -0.559. The number of benzene rings is 2. The van der Waals surface area contributed by atoms with Crippen LogP contribution in [0.1, 0.15) is 13.3 Å². The van der Waals surface area contributed by atoms with Gasteiger partial charge in [0.15, 0.2) is 16.6 Å². The Morgan fingerprint density at radius 2 is 1.91 bits per heavy atom. The molecule has 9 nitrogen and oxygen atoms in total. The van der Waals surface area contributed by atoms with Crippen molar-refractivity contribution < 1.29 is 28.2 Å². The first-order chi connectivity index (χ1) is 16.9. The predicted octanol–water partition coefficient (Wildman–Crippen LogP) is 3.67. The minimum absolute atomic E-state index is 0.0672. The van der Waals surface area contributed by atoms with Crippen LogP contribution in [0.5, 0.6) is 11.5 Å². The van der Waals surface area contributed by atoms with Gasteiger partial charge in [-0.1, -0.05) is 0 Å². The van der Waals surface area contributed by atoms with Crippen molar-refractivity contribution in [3.8, 4) is 22.8 Å². The molecule has 180 valence electrons. The number of anilines is 3. The topological polar surface area (TPSA) is 110 Å². The summed E-state index contributed by atoms with van der Waals surface area (Å²) in [6.07, 6.45) is 0.0672. The number of amides is 3. The van der Waals surface area contributed by atoms with Gasteiger partial charge in [-0.25, -0.2) is 9.37 Å². The second-order valence-corrected chi connectivity index (χ2v) is 8.99. The summed E-state index contributed by atoms with van der Waals surface area (Å²) in [5.41, 5.74) is 1.59. The Hall–Kier alpha value is -3.99. The monoisotopic (exact) mass is 496 g/mol. The Balaban J connectivity index is 1.25. The van der Waals surface area contributed by atoms with Gasteiger partial charge in [0.1, 0.15) is 19.0 Å². The summed E-state index contributed by atoms with van der Waals surface area (Å²) in [5, 5.41) is 7.20. The van der Waals surface area contributed by atoms with Crippen LogP contribution in [0.2, 0.25) is 0 Å². The van der Waals surface area contributed by atoms with Crippen molar-refractivity contribution >= 4 is 45.6 Å². The maximum atomic E-state index is 14.5. The number of hydrogen-bond acceptors (Lipinski definition) is 7. The lowest BCUT2D eigenvalue weighted by Gasteiger charge is -2.22. The number of nitrogens with zero attached hydrogens (tertiary/aromatic N) is 2. The standard InChI is InChI=1S/C24H21FN4O5S/c1-13(30)26-15-2-4-17(18(25)9-15)19-12-35-24(27-19)28-23(32)14-8-22(31)29(11-14)16-3-5-20-21(10-16)34-7-6-33-20/h2-5,9-10,12,14H,6-8,11H2,1H3,(H,26,30)(H,27,28,32)/t14-/m0/s1. The second-order valence-electron chi connectivity index (χ2n) is 8.14. The molecule has 35 heavy (non-hydrogen) atoms. The van der Waals surface area contributed by atoms with E-state index in [4.69, 9.17) is 9.47 Å². The van der Waals surface area contributed by atoms with Crippen LogP contribution in [0.25, 0.3) is 11.3 Å². The molecule has 0 saturated carbocycles. The van der Waals surface area contributed by atoms with Crippen molar-refractivity contribution in [3.05, 3.63) is 47.6 Å². The molecule has 2 aliphatic heterocycles. The minimum Gasteiger partial charge on any atom is -0.486 e. The van der Waals surface area contributed by atoms with Crippen molar-refractivity contribution in [3.63, 3.8) is 0 Å². The third kappa shape index (κ3) is 4.80. The number of hydrogen-bond donors (Lipinski definition) is 2. The lowest BCUT2D eigenvalue weighted by Crippen LogP contribution is -2.28. The van der Waals surface area contributed by atoms with E-state index in [9.17, 15) is 18.8 Å². The third-order valence-electron chi connectivity index (χ3n) is 5.63. The summed E-state index contributed by atoms with van der Waals surface area (Å²) in [5.74, 6) is -0.700. The number of fused-ring (bicyclic) bond motifs is 1. The van der Waals surface area contributed by atoms with Gasteiger partial charge in [0.05, 0.1) is 11.6 Å². The van der Waals surface area contributed by atoms with Gasteiger partial charge >= 0.3 is 0 Å².